The molecule has 0 aliphatic heterocycles. The Morgan fingerprint density at radius 3 is 1.69 bits per heavy atom. The minimum atomic E-state index is -4.47. The number of alkyl halides is 6. The summed E-state index contributed by atoms with van der Waals surface area (Å²) in [6.45, 7) is 7.10. The van der Waals surface area contributed by atoms with E-state index in [2.05, 4.69) is 24.0 Å². The van der Waals surface area contributed by atoms with Crippen LogP contribution in [0.4, 0.5) is 26.3 Å². The first kappa shape index (κ1) is 31.0. The fourth-order valence-corrected chi connectivity index (χ4v) is 5.89. The minimum Gasteiger partial charge on any atom is -0.300 e. The Bertz CT molecular complexity index is 1060. The number of halogens is 6. The first-order valence-electron chi connectivity index (χ1n) is 13.8. The standard InChI is InChI=1S/C29H35F6N.C2H3N/c1-3-22(36(4-2)20-15-21-9-6-5-7-10-21)13-14-23-24(26(16-17-26)28(30,31)32)11-8-12-25(23)27(18-19-27)29(33,34)35;1-2-3/h5-12,22H,3-4,13-20H2,1-2H3;1H3. The minimum absolute atomic E-state index is 0.0542. The topological polar surface area (TPSA) is 27.0 Å². The van der Waals surface area contributed by atoms with Crippen molar-refractivity contribution in [3.05, 3.63) is 70.8 Å². The Balaban J connectivity index is 0.00000134. The Morgan fingerprint density at radius 1 is 0.821 bits per heavy atom. The van der Waals surface area contributed by atoms with Gasteiger partial charge in [-0.3, -0.25) is 0 Å². The van der Waals surface area contributed by atoms with Crippen LogP contribution in [0.2, 0.25) is 0 Å². The lowest BCUT2D eigenvalue weighted by Gasteiger charge is -2.32. The summed E-state index contributed by atoms with van der Waals surface area (Å²) in [5.74, 6) is 0. The van der Waals surface area contributed by atoms with Gasteiger partial charge in [0.1, 0.15) is 0 Å². The summed E-state index contributed by atoms with van der Waals surface area (Å²) in [5, 5.41) is 7.32. The number of nitriles is 1. The van der Waals surface area contributed by atoms with E-state index in [1.807, 2.05) is 25.1 Å². The average Bonchev–Trinajstić information content (AvgIpc) is 3.80. The highest BCUT2D eigenvalue weighted by Gasteiger charge is 2.67. The molecule has 2 fully saturated rings. The lowest BCUT2D eigenvalue weighted by molar-refractivity contribution is -0.161. The van der Waals surface area contributed by atoms with Crippen LogP contribution in [-0.4, -0.2) is 36.4 Å². The van der Waals surface area contributed by atoms with Gasteiger partial charge in [0.2, 0.25) is 0 Å². The molecule has 2 aliphatic carbocycles. The van der Waals surface area contributed by atoms with Gasteiger partial charge in [0, 0.05) is 19.5 Å². The van der Waals surface area contributed by atoms with Gasteiger partial charge in [-0.15, -0.1) is 0 Å². The summed E-state index contributed by atoms with van der Waals surface area (Å²) < 4.78 is 84.7. The quantitative estimate of drug-likeness (QED) is 0.261. The number of hydrogen-bond acceptors (Lipinski definition) is 2. The van der Waals surface area contributed by atoms with Crippen molar-refractivity contribution in [1.29, 1.82) is 5.26 Å². The van der Waals surface area contributed by atoms with Crippen molar-refractivity contribution in [3.63, 3.8) is 0 Å². The lowest BCUT2D eigenvalue weighted by Crippen LogP contribution is -2.37. The Hall–Kier alpha value is -2.53. The summed E-state index contributed by atoms with van der Waals surface area (Å²) in [5.41, 5.74) is -2.35. The van der Waals surface area contributed by atoms with E-state index in [0.717, 1.165) is 25.9 Å². The molecule has 1 atom stereocenters. The van der Waals surface area contributed by atoms with Crippen molar-refractivity contribution < 1.29 is 26.3 Å². The maximum Gasteiger partial charge on any atom is 0.398 e. The van der Waals surface area contributed by atoms with Crippen molar-refractivity contribution in [2.45, 2.75) is 101 Å². The molecule has 2 aromatic rings. The summed E-state index contributed by atoms with van der Waals surface area (Å²) >= 11 is 0. The molecule has 8 heteroatoms. The van der Waals surface area contributed by atoms with Crippen molar-refractivity contribution in [2.75, 3.05) is 13.1 Å². The number of nitrogens with zero attached hydrogens (tertiary/aromatic N) is 2. The predicted octanol–water partition coefficient (Wildman–Crippen LogP) is 8.68. The predicted molar refractivity (Wildman–Crippen MR) is 141 cm³/mol. The second-order valence-corrected chi connectivity index (χ2v) is 10.7. The summed E-state index contributed by atoms with van der Waals surface area (Å²) in [6.07, 6.45) is -6.76. The summed E-state index contributed by atoms with van der Waals surface area (Å²) in [4.78, 5) is 2.31. The van der Waals surface area contributed by atoms with E-state index in [1.165, 1.54) is 30.7 Å². The van der Waals surface area contributed by atoms with Gasteiger partial charge in [0.15, 0.2) is 0 Å². The molecule has 2 saturated carbocycles. The van der Waals surface area contributed by atoms with Gasteiger partial charge in [0.25, 0.3) is 0 Å². The number of rotatable bonds is 11. The molecule has 0 aromatic heterocycles. The van der Waals surface area contributed by atoms with Gasteiger partial charge in [-0.1, -0.05) is 62.4 Å². The second kappa shape index (κ2) is 12.3. The van der Waals surface area contributed by atoms with E-state index in [1.54, 1.807) is 6.07 Å². The number of hydrogen-bond donors (Lipinski definition) is 0. The van der Waals surface area contributed by atoms with E-state index in [0.29, 0.717) is 12.0 Å². The molecule has 2 aliphatic rings. The largest absolute Gasteiger partial charge is 0.398 e. The molecule has 1 unspecified atom stereocenters. The van der Waals surface area contributed by atoms with Crippen molar-refractivity contribution in [2.24, 2.45) is 0 Å². The highest BCUT2D eigenvalue weighted by molar-refractivity contribution is 5.50. The van der Waals surface area contributed by atoms with Crippen molar-refractivity contribution >= 4 is 0 Å². The van der Waals surface area contributed by atoms with Crippen LogP contribution < -0.4 is 0 Å². The van der Waals surface area contributed by atoms with Gasteiger partial charge in [-0.25, -0.2) is 0 Å². The monoisotopic (exact) mass is 552 g/mol. The molecule has 0 N–H and O–H groups in total. The molecule has 0 radical (unpaired) electrons. The first-order valence-corrected chi connectivity index (χ1v) is 13.8. The van der Waals surface area contributed by atoms with Crippen molar-refractivity contribution in [3.8, 4) is 6.07 Å². The Morgan fingerprint density at radius 2 is 1.31 bits per heavy atom. The average molecular weight is 553 g/mol. The van der Waals surface area contributed by atoms with Gasteiger partial charge in [-0.05, 0) is 80.2 Å². The van der Waals surface area contributed by atoms with E-state index in [9.17, 15) is 26.3 Å². The lowest BCUT2D eigenvalue weighted by atomic mass is 9.80. The third kappa shape index (κ3) is 6.62. The molecule has 0 bridgehead atoms. The van der Waals surface area contributed by atoms with E-state index in [-0.39, 0.29) is 49.3 Å². The van der Waals surface area contributed by atoms with Crippen LogP contribution in [0.1, 0.15) is 81.5 Å². The SMILES string of the molecule is CC#N.CCC(CCc1c(C2(C(F)(F)F)CC2)cccc1C1(C(F)(F)F)CC1)N(CC)CCc1ccccc1. The Kier molecular flexibility index (Phi) is 9.80. The molecule has 0 heterocycles. The summed E-state index contributed by atoms with van der Waals surface area (Å²) in [7, 11) is 0. The van der Waals surface area contributed by atoms with Gasteiger partial charge >= 0.3 is 12.4 Å². The maximum absolute atomic E-state index is 14.1. The molecule has 2 nitrogen and oxygen atoms in total. The molecule has 2 aromatic carbocycles. The molecule has 214 valence electrons. The summed E-state index contributed by atoms with van der Waals surface area (Å²) in [6, 6.07) is 16.2. The molecule has 39 heavy (non-hydrogen) atoms. The molecule has 0 saturated heterocycles. The third-order valence-electron chi connectivity index (χ3n) is 8.44. The normalized spacial score (nSPS) is 18.1. The first-order chi connectivity index (χ1) is 18.4. The zero-order chi connectivity index (χ0) is 28.9. The van der Waals surface area contributed by atoms with Crippen molar-refractivity contribution in [1.82, 2.24) is 4.90 Å². The Labute approximate surface area is 228 Å². The molecular weight excluding hydrogens is 514 g/mol. The fraction of sp³-hybridized carbons (Fsp3) is 0.581. The fourth-order valence-electron chi connectivity index (χ4n) is 5.89. The zero-order valence-corrected chi connectivity index (χ0v) is 22.9. The van der Waals surface area contributed by atoms with E-state index < -0.39 is 23.2 Å². The smallest absolute Gasteiger partial charge is 0.300 e. The van der Waals surface area contributed by atoms with Crippen LogP contribution in [0.5, 0.6) is 0 Å². The second-order valence-electron chi connectivity index (χ2n) is 10.7. The van der Waals surface area contributed by atoms with Crippen LogP contribution in [0.3, 0.4) is 0 Å². The van der Waals surface area contributed by atoms with Crippen LogP contribution in [0, 0.1) is 11.3 Å². The van der Waals surface area contributed by atoms with E-state index >= 15 is 0 Å². The maximum atomic E-state index is 14.1. The molecule has 4 rings (SSSR count). The third-order valence-corrected chi connectivity index (χ3v) is 8.44. The molecular formula is C31H38F6N2. The van der Waals surface area contributed by atoms with Crippen LogP contribution in [0.25, 0.3) is 0 Å². The van der Waals surface area contributed by atoms with Crippen LogP contribution in [0.15, 0.2) is 48.5 Å². The number of likely N-dealkylation sites (N-methyl/N-ethyl adjacent to an activating group) is 1. The van der Waals surface area contributed by atoms with Gasteiger partial charge in [-0.2, -0.15) is 31.6 Å². The zero-order valence-electron chi connectivity index (χ0n) is 22.9. The van der Waals surface area contributed by atoms with Crippen LogP contribution in [-0.2, 0) is 23.7 Å². The molecule has 0 amide bonds. The van der Waals surface area contributed by atoms with E-state index in [4.69, 9.17) is 5.26 Å². The molecule has 0 spiro atoms. The van der Waals surface area contributed by atoms with Crippen LogP contribution >= 0.6 is 0 Å². The number of benzene rings is 2. The highest BCUT2D eigenvalue weighted by atomic mass is 19.4. The van der Waals surface area contributed by atoms with Gasteiger partial charge in [0.05, 0.1) is 16.9 Å². The van der Waals surface area contributed by atoms with Gasteiger partial charge < -0.3 is 4.90 Å². The highest BCUT2D eigenvalue weighted by Crippen LogP contribution is 2.64.